The first-order chi connectivity index (χ1) is 9.04. The van der Waals surface area contributed by atoms with Crippen LogP contribution >= 0.6 is 0 Å². The van der Waals surface area contributed by atoms with Gasteiger partial charge in [0.2, 0.25) is 5.91 Å². The molecule has 1 unspecified atom stereocenters. The van der Waals surface area contributed by atoms with Gasteiger partial charge in [0.1, 0.15) is 0 Å². The summed E-state index contributed by atoms with van der Waals surface area (Å²) in [6, 6.07) is 8.25. The van der Waals surface area contributed by atoms with Crippen molar-refractivity contribution in [3.8, 4) is 0 Å². The molecule has 0 spiro atoms. The van der Waals surface area contributed by atoms with Crippen LogP contribution in [0.4, 0.5) is 0 Å². The van der Waals surface area contributed by atoms with Gasteiger partial charge in [-0.1, -0.05) is 42.7 Å². The number of carbonyl (C=O) groups excluding carboxylic acids is 1. The fourth-order valence-electron chi connectivity index (χ4n) is 2.98. The zero-order chi connectivity index (χ0) is 13.9. The van der Waals surface area contributed by atoms with Crippen molar-refractivity contribution in [2.24, 2.45) is 0 Å². The van der Waals surface area contributed by atoms with Gasteiger partial charge in [0.15, 0.2) is 0 Å². The summed E-state index contributed by atoms with van der Waals surface area (Å²) in [5, 5.41) is 12.2. The lowest BCUT2D eigenvalue weighted by molar-refractivity contribution is -0.127. The van der Waals surface area contributed by atoms with E-state index in [1.54, 1.807) is 6.92 Å². The fourth-order valence-corrected chi connectivity index (χ4v) is 2.98. The van der Waals surface area contributed by atoms with E-state index in [9.17, 15) is 9.90 Å². The Labute approximate surface area is 115 Å². The number of nitrogens with one attached hydrogen (secondary N) is 1. The third-order valence-corrected chi connectivity index (χ3v) is 4.02. The van der Waals surface area contributed by atoms with Gasteiger partial charge in [0.05, 0.1) is 11.5 Å². The number of aryl methyl sites for hydroxylation is 1. The van der Waals surface area contributed by atoms with E-state index in [0.29, 0.717) is 6.54 Å². The van der Waals surface area contributed by atoms with Crippen molar-refractivity contribution in [2.45, 2.75) is 51.0 Å². The summed E-state index contributed by atoms with van der Waals surface area (Å²) < 4.78 is 0. The molecule has 1 aliphatic carbocycles. The van der Waals surface area contributed by atoms with Crippen LogP contribution in [-0.4, -0.2) is 23.7 Å². The van der Waals surface area contributed by atoms with Crippen molar-refractivity contribution in [1.29, 1.82) is 0 Å². The second-order valence-corrected chi connectivity index (χ2v) is 5.72. The molecule has 1 atom stereocenters. The molecule has 1 aliphatic rings. The van der Waals surface area contributed by atoms with Crippen molar-refractivity contribution in [2.75, 3.05) is 6.54 Å². The van der Waals surface area contributed by atoms with Crippen molar-refractivity contribution >= 4 is 5.91 Å². The molecule has 1 aromatic rings. The van der Waals surface area contributed by atoms with Crippen molar-refractivity contribution in [3.63, 3.8) is 0 Å². The Hall–Kier alpha value is -1.35. The third kappa shape index (κ3) is 2.98. The normalized spacial score (nSPS) is 19.1. The van der Waals surface area contributed by atoms with Crippen LogP contribution < -0.4 is 5.32 Å². The van der Waals surface area contributed by atoms with E-state index in [-0.39, 0.29) is 11.3 Å². The highest BCUT2D eigenvalue weighted by Crippen LogP contribution is 2.41. The molecular formula is C16H23NO2. The van der Waals surface area contributed by atoms with Gasteiger partial charge in [-0.15, -0.1) is 0 Å². The Morgan fingerprint density at radius 2 is 2.11 bits per heavy atom. The average molecular weight is 261 g/mol. The second-order valence-electron chi connectivity index (χ2n) is 5.72. The summed E-state index contributed by atoms with van der Waals surface area (Å²) >= 11 is 0. The van der Waals surface area contributed by atoms with Crippen molar-refractivity contribution in [3.05, 3.63) is 35.4 Å². The second kappa shape index (κ2) is 5.74. The summed E-state index contributed by atoms with van der Waals surface area (Å²) in [5.74, 6) is 0.0662. The number of aliphatic hydroxyl groups is 1. The molecule has 1 aromatic carbocycles. The quantitative estimate of drug-likeness (QED) is 0.873. The molecule has 0 heterocycles. The van der Waals surface area contributed by atoms with Gasteiger partial charge < -0.3 is 10.4 Å². The molecule has 0 bridgehead atoms. The minimum absolute atomic E-state index is 0.0662. The predicted molar refractivity (Wildman–Crippen MR) is 76.0 cm³/mol. The average Bonchev–Trinajstić information content (AvgIpc) is 2.86. The molecule has 0 saturated heterocycles. The van der Waals surface area contributed by atoms with Crippen LogP contribution in [0.3, 0.4) is 0 Å². The number of aliphatic hydroxyl groups excluding tert-OH is 1. The Kier molecular flexibility index (Phi) is 4.25. The molecule has 0 aliphatic heterocycles. The lowest BCUT2D eigenvalue weighted by Crippen LogP contribution is -2.44. The molecule has 1 amide bonds. The Balaban J connectivity index is 2.25. The molecule has 1 saturated carbocycles. The molecule has 0 aromatic heterocycles. The van der Waals surface area contributed by atoms with Crippen LogP contribution in [0.5, 0.6) is 0 Å². The zero-order valence-electron chi connectivity index (χ0n) is 11.8. The summed E-state index contributed by atoms with van der Waals surface area (Å²) in [4.78, 5) is 12.6. The number of benzene rings is 1. The highest BCUT2D eigenvalue weighted by atomic mass is 16.3. The summed E-state index contributed by atoms with van der Waals surface area (Å²) in [5.41, 5.74) is 1.92. The van der Waals surface area contributed by atoms with E-state index in [4.69, 9.17) is 0 Å². The largest absolute Gasteiger partial charge is 0.392 e. The maximum absolute atomic E-state index is 12.6. The standard InChI is InChI=1S/C16H23NO2/c1-12-6-5-7-14(10-12)16(8-3-4-9-16)15(19)17-11-13(2)18/h5-7,10,13,18H,3-4,8-9,11H2,1-2H3,(H,17,19). The van der Waals surface area contributed by atoms with E-state index in [1.807, 2.05) is 6.07 Å². The van der Waals surface area contributed by atoms with Crippen LogP contribution in [0, 0.1) is 6.92 Å². The number of hydrogen-bond donors (Lipinski definition) is 2. The summed E-state index contributed by atoms with van der Waals surface area (Å²) in [6.45, 7) is 4.07. The van der Waals surface area contributed by atoms with E-state index in [1.165, 1.54) is 5.56 Å². The molecule has 2 rings (SSSR count). The first-order valence-electron chi connectivity index (χ1n) is 7.08. The predicted octanol–water partition coefficient (Wildman–Crippen LogP) is 2.30. The van der Waals surface area contributed by atoms with Gasteiger partial charge in [-0.3, -0.25) is 4.79 Å². The fraction of sp³-hybridized carbons (Fsp3) is 0.562. The smallest absolute Gasteiger partial charge is 0.230 e. The molecule has 3 heteroatoms. The number of amides is 1. The topological polar surface area (TPSA) is 49.3 Å². The lowest BCUT2D eigenvalue weighted by atomic mass is 9.77. The van der Waals surface area contributed by atoms with E-state index < -0.39 is 6.10 Å². The van der Waals surface area contributed by atoms with Gasteiger partial charge in [-0.2, -0.15) is 0 Å². The van der Waals surface area contributed by atoms with Crippen LogP contribution in [0.2, 0.25) is 0 Å². The molecule has 1 fully saturated rings. The van der Waals surface area contributed by atoms with Gasteiger partial charge in [-0.25, -0.2) is 0 Å². The first kappa shape index (κ1) is 14.1. The first-order valence-corrected chi connectivity index (χ1v) is 7.08. The highest BCUT2D eigenvalue weighted by molar-refractivity contribution is 5.88. The van der Waals surface area contributed by atoms with Crippen molar-refractivity contribution in [1.82, 2.24) is 5.32 Å². The lowest BCUT2D eigenvalue weighted by Gasteiger charge is -2.29. The minimum Gasteiger partial charge on any atom is -0.392 e. The van der Waals surface area contributed by atoms with E-state index in [2.05, 4.69) is 30.4 Å². The molecule has 2 N–H and O–H groups in total. The number of carbonyl (C=O) groups is 1. The third-order valence-electron chi connectivity index (χ3n) is 4.02. The zero-order valence-corrected chi connectivity index (χ0v) is 11.8. The Morgan fingerprint density at radius 1 is 1.42 bits per heavy atom. The number of rotatable bonds is 4. The monoisotopic (exact) mass is 261 g/mol. The van der Waals surface area contributed by atoms with Crippen LogP contribution in [0.1, 0.15) is 43.7 Å². The van der Waals surface area contributed by atoms with E-state index >= 15 is 0 Å². The molecule has 19 heavy (non-hydrogen) atoms. The van der Waals surface area contributed by atoms with E-state index in [0.717, 1.165) is 31.2 Å². The number of hydrogen-bond acceptors (Lipinski definition) is 2. The molecule has 104 valence electrons. The molecule has 3 nitrogen and oxygen atoms in total. The van der Waals surface area contributed by atoms with Crippen LogP contribution in [0.15, 0.2) is 24.3 Å². The summed E-state index contributed by atoms with van der Waals surface area (Å²) in [7, 11) is 0. The highest BCUT2D eigenvalue weighted by Gasteiger charge is 2.42. The van der Waals surface area contributed by atoms with Crippen LogP contribution in [-0.2, 0) is 10.2 Å². The van der Waals surface area contributed by atoms with Crippen molar-refractivity contribution < 1.29 is 9.90 Å². The summed E-state index contributed by atoms with van der Waals surface area (Å²) in [6.07, 6.45) is 3.50. The van der Waals surface area contributed by atoms with Crippen LogP contribution in [0.25, 0.3) is 0 Å². The Bertz CT molecular complexity index is 448. The van der Waals surface area contributed by atoms with Gasteiger partial charge in [0.25, 0.3) is 0 Å². The molecular weight excluding hydrogens is 238 g/mol. The van der Waals surface area contributed by atoms with Gasteiger partial charge in [0, 0.05) is 6.54 Å². The SMILES string of the molecule is Cc1cccc(C2(C(=O)NCC(C)O)CCCC2)c1. The maximum Gasteiger partial charge on any atom is 0.230 e. The van der Waals surface area contributed by atoms with Gasteiger partial charge >= 0.3 is 0 Å². The Morgan fingerprint density at radius 3 is 2.68 bits per heavy atom. The maximum atomic E-state index is 12.6. The van der Waals surface area contributed by atoms with Gasteiger partial charge in [-0.05, 0) is 32.3 Å². The molecule has 0 radical (unpaired) electrons. The minimum atomic E-state index is -0.500.